The Bertz CT molecular complexity index is 624. The first-order valence-electron chi connectivity index (χ1n) is 5.68. The molecule has 1 heterocycles. The Hall–Kier alpha value is -2.69. The van der Waals surface area contributed by atoms with Crippen LogP contribution in [0.25, 0.3) is 0 Å². The number of oxime groups is 1. The van der Waals surface area contributed by atoms with Crippen LogP contribution in [-0.4, -0.2) is 22.3 Å². The molecule has 1 aromatic carbocycles. The number of carbonyl (C=O) groups is 1. The summed E-state index contributed by atoms with van der Waals surface area (Å²) in [5.74, 6) is -0.220. The molecule has 5 nitrogen and oxygen atoms in total. The number of aromatic nitrogens is 1. The summed E-state index contributed by atoms with van der Waals surface area (Å²) in [5, 5.41) is 21.0. The smallest absolute Gasteiger partial charge is 0.231 e. The number of nitrogens with zero attached hydrogens (tertiary/aromatic N) is 2. The summed E-state index contributed by atoms with van der Waals surface area (Å²) in [6.07, 6.45) is 4.69. The Labute approximate surface area is 110 Å². The van der Waals surface area contributed by atoms with E-state index in [0.29, 0.717) is 5.56 Å². The van der Waals surface area contributed by atoms with E-state index in [9.17, 15) is 9.90 Å². The standard InChI is InChI=1S/C14H12N2O3/c17-13-6-2-1-5-12(13)14(18)10-16-7-3-4-11(9-16)8-15-19/h1-9H,10H2,(H-,17,18,19)/p+1. The van der Waals surface area contributed by atoms with Gasteiger partial charge in [0.1, 0.15) is 5.75 Å². The van der Waals surface area contributed by atoms with Crippen LogP contribution in [0.3, 0.4) is 0 Å². The molecular formula is C14H13N2O3+. The number of phenols is 1. The summed E-state index contributed by atoms with van der Waals surface area (Å²) in [6.45, 7) is 0.102. The average molecular weight is 257 g/mol. The van der Waals surface area contributed by atoms with Crippen molar-refractivity contribution in [1.29, 1.82) is 0 Å². The number of phenolic OH excluding ortho intramolecular Hbond substituents is 1. The number of pyridine rings is 1. The molecule has 0 unspecified atom stereocenters. The van der Waals surface area contributed by atoms with Crippen LogP contribution >= 0.6 is 0 Å². The van der Waals surface area contributed by atoms with Crippen LogP contribution < -0.4 is 4.57 Å². The van der Waals surface area contributed by atoms with Crippen molar-refractivity contribution in [3.05, 3.63) is 59.9 Å². The summed E-state index contributed by atoms with van der Waals surface area (Å²) in [4.78, 5) is 12.0. The zero-order valence-corrected chi connectivity index (χ0v) is 10.1. The molecule has 1 aromatic heterocycles. The molecule has 0 bridgehead atoms. The fourth-order valence-corrected chi connectivity index (χ4v) is 1.74. The van der Waals surface area contributed by atoms with Crippen LogP contribution in [0.2, 0.25) is 0 Å². The van der Waals surface area contributed by atoms with Gasteiger partial charge in [-0.05, 0) is 18.2 Å². The van der Waals surface area contributed by atoms with Gasteiger partial charge in [-0.25, -0.2) is 0 Å². The van der Waals surface area contributed by atoms with Gasteiger partial charge in [0.05, 0.1) is 17.3 Å². The van der Waals surface area contributed by atoms with E-state index in [2.05, 4.69) is 5.16 Å². The molecule has 2 aromatic rings. The lowest BCUT2D eigenvalue weighted by Gasteiger charge is -2.01. The molecule has 2 rings (SSSR count). The third-order valence-electron chi connectivity index (χ3n) is 2.62. The largest absolute Gasteiger partial charge is 0.507 e. The Kier molecular flexibility index (Phi) is 3.87. The monoisotopic (exact) mass is 257 g/mol. The van der Waals surface area contributed by atoms with E-state index >= 15 is 0 Å². The van der Waals surface area contributed by atoms with Crippen LogP contribution in [0.4, 0.5) is 0 Å². The summed E-state index contributed by atoms with van der Waals surface area (Å²) in [7, 11) is 0. The van der Waals surface area contributed by atoms with Gasteiger partial charge in [0.15, 0.2) is 12.4 Å². The lowest BCUT2D eigenvalue weighted by Crippen LogP contribution is -2.37. The van der Waals surface area contributed by atoms with Gasteiger partial charge in [0.25, 0.3) is 0 Å². The number of aromatic hydroxyl groups is 1. The van der Waals surface area contributed by atoms with Crippen LogP contribution in [0.1, 0.15) is 15.9 Å². The first-order chi connectivity index (χ1) is 9.20. The Morgan fingerprint density at radius 2 is 2.05 bits per heavy atom. The van der Waals surface area contributed by atoms with Crippen molar-refractivity contribution >= 4 is 12.0 Å². The molecule has 0 amide bonds. The van der Waals surface area contributed by atoms with Crippen molar-refractivity contribution in [3.8, 4) is 5.75 Å². The van der Waals surface area contributed by atoms with Gasteiger partial charge < -0.3 is 10.3 Å². The molecule has 0 saturated heterocycles. The van der Waals surface area contributed by atoms with Gasteiger partial charge in [0, 0.05) is 6.07 Å². The minimum Gasteiger partial charge on any atom is -0.507 e. The van der Waals surface area contributed by atoms with E-state index in [4.69, 9.17) is 5.21 Å². The van der Waals surface area contributed by atoms with E-state index < -0.39 is 0 Å². The molecular weight excluding hydrogens is 244 g/mol. The Morgan fingerprint density at radius 3 is 2.79 bits per heavy atom. The highest BCUT2D eigenvalue weighted by Gasteiger charge is 2.15. The molecule has 0 spiro atoms. The van der Waals surface area contributed by atoms with Crippen molar-refractivity contribution in [2.24, 2.45) is 5.16 Å². The van der Waals surface area contributed by atoms with Crippen molar-refractivity contribution in [2.75, 3.05) is 0 Å². The summed E-state index contributed by atoms with van der Waals surface area (Å²) >= 11 is 0. The summed E-state index contributed by atoms with van der Waals surface area (Å²) in [5.41, 5.74) is 0.964. The fourth-order valence-electron chi connectivity index (χ4n) is 1.74. The third-order valence-corrected chi connectivity index (χ3v) is 2.62. The molecule has 0 saturated carbocycles. The molecule has 0 atom stereocenters. The first kappa shape index (κ1) is 12.8. The molecule has 2 N–H and O–H groups in total. The second kappa shape index (κ2) is 5.77. The predicted octanol–water partition coefficient (Wildman–Crippen LogP) is 1.37. The lowest BCUT2D eigenvalue weighted by atomic mass is 10.1. The fraction of sp³-hybridized carbons (Fsp3) is 0.0714. The van der Waals surface area contributed by atoms with Crippen molar-refractivity contribution in [3.63, 3.8) is 0 Å². The second-order valence-corrected chi connectivity index (χ2v) is 3.99. The Morgan fingerprint density at radius 1 is 1.26 bits per heavy atom. The van der Waals surface area contributed by atoms with Crippen LogP contribution in [-0.2, 0) is 6.54 Å². The molecule has 0 aliphatic carbocycles. The minimum absolute atomic E-state index is 0.0267. The number of benzene rings is 1. The second-order valence-electron chi connectivity index (χ2n) is 3.99. The van der Waals surface area contributed by atoms with Crippen molar-refractivity contribution < 1.29 is 19.7 Å². The topological polar surface area (TPSA) is 73.8 Å². The van der Waals surface area contributed by atoms with Gasteiger partial charge in [0.2, 0.25) is 12.3 Å². The highest BCUT2D eigenvalue weighted by molar-refractivity contribution is 5.97. The maximum atomic E-state index is 12.0. The van der Waals surface area contributed by atoms with Gasteiger partial charge >= 0.3 is 0 Å². The van der Waals surface area contributed by atoms with Crippen LogP contribution in [0, 0.1) is 0 Å². The molecule has 0 radical (unpaired) electrons. The van der Waals surface area contributed by atoms with E-state index in [-0.39, 0.29) is 23.6 Å². The highest BCUT2D eigenvalue weighted by Crippen LogP contribution is 2.15. The number of hydrogen-bond acceptors (Lipinski definition) is 4. The third kappa shape index (κ3) is 3.16. The van der Waals surface area contributed by atoms with E-state index in [1.807, 2.05) is 0 Å². The minimum atomic E-state index is -0.193. The first-order valence-corrected chi connectivity index (χ1v) is 5.68. The lowest BCUT2D eigenvalue weighted by molar-refractivity contribution is -0.683. The SMILES string of the molecule is O=C(C[n+]1cccc(C=NO)c1)c1ccccc1O. The van der Waals surface area contributed by atoms with Gasteiger partial charge in [-0.1, -0.05) is 17.3 Å². The maximum absolute atomic E-state index is 12.0. The van der Waals surface area contributed by atoms with Gasteiger partial charge in [-0.2, -0.15) is 4.57 Å². The summed E-state index contributed by atoms with van der Waals surface area (Å²) in [6, 6.07) is 9.92. The molecule has 0 fully saturated rings. The predicted molar refractivity (Wildman–Crippen MR) is 68.5 cm³/mol. The van der Waals surface area contributed by atoms with Crippen molar-refractivity contribution in [2.45, 2.75) is 6.54 Å². The number of carbonyl (C=O) groups excluding carboxylic acids is 1. The van der Waals surface area contributed by atoms with Gasteiger partial charge in [-0.3, -0.25) is 4.79 Å². The average Bonchev–Trinajstić information content (AvgIpc) is 2.40. The molecule has 0 aliphatic rings. The van der Waals surface area contributed by atoms with Crippen LogP contribution in [0.5, 0.6) is 5.75 Å². The molecule has 19 heavy (non-hydrogen) atoms. The number of ketones is 1. The molecule has 96 valence electrons. The summed E-state index contributed by atoms with van der Waals surface area (Å²) < 4.78 is 1.66. The normalized spacial score (nSPS) is 10.7. The van der Waals surface area contributed by atoms with Crippen LogP contribution in [0.15, 0.2) is 53.9 Å². The van der Waals surface area contributed by atoms with E-state index in [1.54, 1.807) is 47.3 Å². The maximum Gasteiger partial charge on any atom is 0.231 e. The van der Waals surface area contributed by atoms with E-state index in [1.165, 1.54) is 12.3 Å². The van der Waals surface area contributed by atoms with Crippen molar-refractivity contribution in [1.82, 2.24) is 0 Å². The zero-order chi connectivity index (χ0) is 13.7. The Balaban J connectivity index is 2.20. The number of rotatable bonds is 4. The van der Waals surface area contributed by atoms with E-state index in [0.717, 1.165) is 0 Å². The number of para-hydroxylation sites is 1. The number of hydrogen-bond donors (Lipinski definition) is 2. The zero-order valence-electron chi connectivity index (χ0n) is 10.1. The molecule has 5 heteroatoms. The molecule has 0 aliphatic heterocycles. The number of Topliss-reactive ketones (excluding diaryl/α,β-unsaturated/α-hetero) is 1. The highest BCUT2D eigenvalue weighted by atomic mass is 16.4. The van der Waals surface area contributed by atoms with Gasteiger partial charge in [-0.15, -0.1) is 0 Å². The quantitative estimate of drug-likeness (QED) is 0.285.